The molecule has 0 spiro atoms. The van der Waals surface area contributed by atoms with Crippen molar-refractivity contribution in [3.05, 3.63) is 28.8 Å². The molecule has 2 heterocycles. The van der Waals surface area contributed by atoms with E-state index in [2.05, 4.69) is 34.7 Å². The lowest BCUT2D eigenvalue weighted by molar-refractivity contribution is -0.115. The van der Waals surface area contributed by atoms with Crippen molar-refractivity contribution in [3.8, 4) is 0 Å². The molecule has 0 radical (unpaired) electrons. The van der Waals surface area contributed by atoms with E-state index < -0.39 is 0 Å². The van der Waals surface area contributed by atoms with E-state index >= 15 is 0 Å². The Balaban J connectivity index is 1.73. The summed E-state index contributed by atoms with van der Waals surface area (Å²) in [4.78, 5) is 25.1. The topological polar surface area (TPSA) is 84.0 Å². The minimum atomic E-state index is -0.261. The van der Waals surface area contributed by atoms with E-state index in [1.807, 2.05) is 13.0 Å². The van der Waals surface area contributed by atoms with Gasteiger partial charge in [0.25, 0.3) is 5.91 Å². The van der Waals surface area contributed by atoms with Gasteiger partial charge in [-0.1, -0.05) is 25.2 Å². The van der Waals surface area contributed by atoms with Crippen molar-refractivity contribution in [2.45, 2.75) is 37.3 Å². The predicted octanol–water partition coefficient (Wildman–Crippen LogP) is 3.42. The highest BCUT2D eigenvalue weighted by Crippen LogP contribution is 2.36. The highest BCUT2D eigenvalue weighted by Gasteiger charge is 2.24. The number of hydrogen-bond acceptors (Lipinski definition) is 6. The molecule has 6 nitrogen and oxygen atoms in total. The number of amides is 2. The lowest BCUT2D eigenvalue weighted by Crippen LogP contribution is -2.26. The summed E-state index contributed by atoms with van der Waals surface area (Å²) >= 11 is 2.87. The van der Waals surface area contributed by atoms with Crippen molar-refractivity contribution in [2.24, 2.45) is 5.92 Å². The fraction of sp³-hybridized carbons (Fsp3) is 0.375. The zero-order valence-corrected chi connectivity index (χ0v) is 15.3. The summed E-state index contributed by atoms with van der Waals surface area (Å²) in [6, 6.07) is 5.30. The average molecular weight is 362 g/mol. The fourth-order valence-corrected chi connectivity index (χ4v) is 4.13. The zero-order chi connectivity index (χ0) is 17.3. The average Bonchev–Trinajstić information content (AvgIpc) is 2.94. The van der Waals surface area contributed by atoms with Crippen LogP contribution in [0.15, 0.2) is 23.1 Å². The predicted molar refractivity (Wildman–Crippen MR) is 96.8 cm³/mol. The van der Waals surface area contributed by atoms with E-state index in [9.17, 15) is 9.59 Å². The standard InChI is InChI=1S/C16H18N4O2S2/c1-8(2)6-13-19-20-16(24-13)18-15(22)10-4-5-12-11(7-10)17-14(21)9(3)23-12/h4-5,7-9H,6H2,1-3H3,(H,17,21)(H,18,20,22)/t9-/m1/s1. The Bertz CT molecular complexity index is 788. The van der Waals surface area contributed by atoms with Crippen molar-refractivity contribution < 1.29 is 9.59 Å². The van der Waals surface area contributed by atoms with Gasteiger partial charge in [-0.05, 0) is 31.0 Å². The highest BCUT2D eigenvalue weighted by molar-refractivity contribution is 8.00. The van der Waals surface area contributed by atoms with Gasteiger partial charge in [0, 0.05) is 16.9 Å². The molecule has 8 heteroatoms. The minimum Gasteiger partial charge on any atom is -0.324 e. The Kier molecular flexibility index (Phi) is 4.86. The van der Waals surface area contributed by atoms with Crippen molar-refractivity contribution in [3.63, 3.8) is 0 Å². The molecule has 126 valence electrons. The van der Waals surface area contributed by atoms with E-state index in [0.29, 0.717) is 22.3 Å². The number of carbonyl (C=O) groups excluding carboxylic acids is 2. The van der Waals surface area contributed by atoms with Gasteiger partial charge in [0.05, 0.1) is 10.9 Å². The fourth-order valence-electron chi connectivity index (χ4n) is 2.26. The van der Waals surface area contributed by atoms with E-state index in [1.165, 1.54) is 23.1 Å². The van der Waals surface area contributed by atoms with Gasteiger partial charge in [0.1, 0.15) is 5.01 Å². The van der Waals surface area contributed by atoms with E-state index in [-0.39, 0.29) is 17.1 Å². The number of nitrogens with zero attached hydrogens (tertiary/aromatic N) is 2. The molecule has 2 amide bonds. The molecule has 1 aromatic heterocycles. The summed E-state index contributed by atoms with van der Waals surface area (Å²) in [6.45, 7) is 6.08. The van der Waals surface area contributed by atoms with Crippen LogP contribution >= 0.6 is 23.1 Å². The van der Waals surface area contributed by atoms with Crippen LogP contribution in [0.3, 0.4) is 0 Å². The van der Waals surface area contributed by atoms with Gasteiger partial charge in [0.15, 0.2) is 0 Å². The summed E-state index contributed by atoms with van der Waals surface area (Å²) in [6.07, 6.45) is 0.841. The van der Waals surface area contributed by atoms with Crippen molar-refractivity contribution >= 4 is 45.7 Å². The number of hydrogen-bond donors (Lipinski definition) is 2. The van der Waals surface area contributed by atoms with E-state index in [4.69, 9.17) is 0 Å². The molecule has 24 heavy (non-hydrogen) atoms. The summed E-state index contributed by atoms with van der Waals surface area (Å²) in [5, 5.41) is 15.0. The summed E-state index contributed by atoms with van der Waals surface area (Å²) in [5.41, 5.74) is 1.15. The van der Waals surface area contributed by atoms with Crippen LogP contribution in [0.5, 0.6) is 0 Å². The molecule has 1 aliphatic heterocycles. The van der Waals surface area contributed by atoms with Crippen molar-refractivity contribution in [1.29, 1.82) is 0 Å². The monoisotopic (exact) mass is 362 g/mol. The molecule has 2 aromatic rings. The molecule has 0 unspecified atom stereocenters. The first-order chi connectivity index (χ1) is 11.4. The van der Waals surface area contributed by atoms with Gasteiger partial charge in [-0.25, -0.2) is 0 Å². The Morgan fingerprint density at radius 3 is 2.92 bits per heavy atom. The van der Waals surface area contributed by atoms with Gasteiger partial charge in [-0.15, -0.1) is 22.0 Å². The van der Waals surface area contributed by atoms with Crippen molar-refractivity contribution in [2.75, 3.05) is 10.6 Å². The molecule has 0 saturated carbocycles. The molecule has 0 saturated heterocycles. The van der Waals surface area contributed by atoms with Crippen LogP contribution in [0, 0.1) is 5.92 Å². The lowest BCUT2D eigenvalue weighted by atomic mass is 10.1. The third kappa shape index (κ3) is 3.76. The van der Waals surface area contributed by atoms with Gasteiger partial charge in [0.2, 0.25) is 11.0 Å². The summed E-state index contributed by atoms with van der Waals surface area (Å²) < 4.78 is 0. The quantitative estimate of drug-likeness (QED) is 0.871. The molecular formula is C16H18N4O2S2. The molecule has 3 rings (SSSR count). The maximum atomic E-state index is 12.4. The Morgan fingerprint density at radius 2 is 2.17 bits per heavy atom. The van der Waals surface area contributed by atoms with Crippen LogP contribution < -0.4 is 10.6 Å². The van der Waals surface area contributed by atoms with Crippen LogP contribution in [0.1, 0.15) is 36.1 Å². The lowest BCUT2D eigenvalue weighted by Gasteiger charge is -2.21. The van der Waals surface area contributed by atoms with Crippen LogP contribution in [0.4, 0.5) is 10.8 Å². The number of rotatable bonds is 4. The first-order valence-electron chi connectivity index (χ1n) is 7.67. The molecule has 1 aromatic carbocycles. The third-order valence-corrected chi connectivity index (χ3v) is 5.48. The Morgan fingerprint density at radius 1 is 1.38 bits per heavy atom. The SMILES string of the molecule is CC(C)Cc1nnc(NC(=O)c2ccc3c(c2)NC(=O)[C@@H](C)S3)s1. The number of aromatic nitrogens is 2. The number of anilines is 2. The van der Waals surface area contributed by atoms with Crippen LogP contribution in [-0.2, 0) is 11.2 Å². The molecule has 2 N–H and O–H groups in total. The molecule has 1 aliphatic rings. The van der Waals surface area contributed by atoms with Gasteiger partial charge in [-0.3, -0.25) is 14.9 Å². The van der Waals surface area contributed by atoms with Gasteiger partial charge in [-0.2, -0.15) is 0 Å². The maximum Gasteiger partial charge on any atom is 0.257 e. The zero-order valence-electron chi connectivity index (χ0n) is 13.6. The molecule has 1 atom stereocenters. The third-order valence-electron chi connectivity index (χ3n) is 3.44. The molecule has 0 fully saturated rings. The Labute approximate surface area is 148 Å². The number of nitrogens with one attached hydrogen (secondary N) is 2. The molecule has 0 bridgehead atoms. The summed E-state index contributed by atoms with van der Waals surface area (Å²) in [7, 11) is 0. The molecule has 0 aliphatic carbocycles. The van der Waals surface area contributed by atoms with Crippen LogP contribution in [0.25, 0.3) is 0 Å². The highest BCUT2D eigenvalue weighted by atomic mass is 32.2. The first kappa shape index (κ1) is 16.9. The second-order valence-electron chi connectivity index (χ2n) is 6.01. The van der Waals surface area contributed by atoms with Crippen LogP contribution in [-0.4, -0.2) is 27.3 Å². The second kappa shape index (κ2) is 6.90. The Hall–Kier alpha value is -1.93. The minimum absolute atomic E-state index is 0.0486. The van der Waals surface area contributed by atoms with E-state index in [0.717, 1.165) is 16.3 Å². The van der Waals surface area contributed by atoms with Crippen LogP contribution in [0.2, 0.25) is 0 Å². The smallest absolute Gasteiger partial charge is 0.257 e. The first-order valence-corrected chi connectivity index (χ1v) is 9.37. The number of fused-ring (bicyclic) bond motifs is 1. The second-order valence-corrected chi connectivity index (χ2v) is 8.46. The number of carbonyl (C=O) groups is 2. The number of benzene rings is 1. The van der Waals surface area contributed by atoms with Gasteiger partial charge >= 0.3 is 0 Å². The molecular weight excluding hydrogens is 344 g/mol. The summed E-state index contributed by atoms with van der Waals surface area (Å²) in [5.74, 6) is 0.182. The van der Waals surface area contributed by atoms with E-state index in [1.54, 1.807) is 12.1 Å². The van der Waals surface area contributed by atoms with Gasteiger partial charge < -0.3 is 5.32 Å². The normalized spacial score (nSPS) is 16.7. The maximum absolute atomic E-state index is 12.4. The number of thioether (sulfide) groups is 1. The largest absolute Gasteiger partial charge is 0.324 e. The van der Waals surface area contributed by atoms with Crippen molar-refractivity contribution in [1.82, 2.24) is 10.2 Å².